The topological polar surface area (TPSA) is 159 Å². The van der Waals surface area contributed by atoms with Gasteiger partial charge in [-0.2, -0.15) is 10.2 Å². The zero-order chi connectivity index (χ0) is 26.9. The van der Waals surface area contributed by atoms with Crippen LogP contribution >= 0.6 is 11.6 Å². The summed E-state index contributed by atoms with van der Waals surface area (Å²) in [5, 5.41) is 23.1. The number of anilines is 2. The van der Waals surface area contributed by atoms with E-state index in [0.717, 1.165) is 0 Å². The number of nitrogens with one attached hydrogen (secondary N) is 4. The molecule has 1 aliphatic rings. The summed E-state index contributed by atoms with van der Waals surface area (Å²) in [5.74, 6) is 0.0239. The maximum absolute atomic E-state index is 13.6. The highest BCUT2D eigenvalue weighted by atomic mass is 35.5. The molecule has 0 radical (unpaired) electrons. The summed E-state index contributed by atoms with van der Waals surface area (Å²) in [4.78, 5) is 26.9. The average molecular weight is 545 g/mol. The third-order valence-corrected chi connectivity index (χ3v) is 6.21. The molecule has 0 spiro atoms. The summed E-state index contributed by atoms with van der Waals surface area (Å²) < 4.78 is 19.2. The second-order valence-corrected chi connectivity index (χ2v) is 8.85. The van der Waals surface area contributed by atoms with Gasteiger partial charge in [0.05, 0.1) is 5.57 Å². The summed E-state index contributed by atoms with van der Waals surface area (Å²) in [6.07, 6.45) is 1.53. The number of pyridine rings is 1. The predicted octanol–water partition coefficient (Wildman–Crippen LogP) is 4.22. The Morgan fingerprint density at radius 2 is 2.03 bits per heavy atom. The number of hydrogen-bond donors (Lipinski definition) is 4. The Bertz CT molecular complexity index is 1770. The van der Waals surface area contributed by atoms with Crippen molar-refractivity contribution in [2.75, 3.05) is 10.6 Å². The third kappa shape index (κ3) is 4.90. The van der Waals surface area contributed by atoms with Crippen molar-refractivity contribution in [2.24, 2.45) is 4.99 Å². The Kier molecular flexibility index (Phi) is 6.17. The summed E-state index contributed by atoms with van der Waals surface area (Å²) >= 11 is 6.52. The molecule has 0 saturated heterocycles. The second-order valence-electron chi connectivity index (χ2n) is 8.44. The van der Waals surface area contributed by atoms with Crippen LogP contribution < -0.4 is 16.0 Å². The fourth-order valence-corrected chi connectivity index (χ4v) is 4.35. The van der Waals surface area contributed by atoms with Crippen molar-refractivity contribution in [3.05, 3.63) is 88.5 Å². The molecule has 3 aromatic heterocycles. The molecule has 0 saturated carbocycles. The van der Waals surface area contributed by atoms with Gasteiger partial charge in [0.25, 0.3) is 5.91 Å². The highest BCUT2D eigenvalue weighted by molar-refractivity contribution is 6.31. The molecule has 0 aliphatic carbocycles. The number of fused-ring (bicyclic) bond motifs is 1. The van der Waals surface area contributed by atoms with Crippen molar-refractivity contribution in [1.82, 2.24) is 35.9 Å². The maximum Gasteiger partial charge on any atom is 0.302 e. The predicted molar refractivity (Wildman–Crippen MR) is 141 cm³/mol. The number of aromatic nitrogens is 6. The van der Waals surface area contributed by atoms with Crippen LogP contribution in [0, 0.1) is 5.82 Å². The standard InChI is InChI=1S/C25H18ClFN10O2/c1-12-20(23(38)31-19-10-13(8-9-28-19)22-34-36-37-35-22)21(15-4-2-3-5-16(15)26)32-24(29-12)33-25-30-17-7-6-14(27)11-18(17)39-25/h2-11,21H,1H3,(H,28,31,38)(H2,29,30,32,33)(H,34,35,36,37). The van der Waals surface area contributed by atoms with E-state index in [-0.39, 0.29) is 23.4 Å². The molecule has 5 aromatic rings. The van der Waals surface area contributed by atoms with Gasteiger partial charge in [-0.1, -0.05) is 29.8 Å². The molecule has 1 unspecified atom stereocenters. The summed E-state index contributed by atoms with van der Waals surface area (Å²) in [5.41, 5.74) is 2.80. The summed E-state index contributed by atoms with van der Waals surface area (Å²) in [6.45, 7) is 1.74. The zero-order valence-electron chi connectivity index (χ0n) is 20.1. The van der Waals surface area contributed by atoms with Gasteiger partial charge in [-0.3, -0.25) is 10.1 Å². The van der Waals surface area contributed by atoms with E-state index in [1.54, 1.807) is 37.3 Å². The highest BCUT2D eigenvalue weighted by Gasteiger charge is 2.31. The first kappa shape index (κ1) is 24.2. The molecule has 12 nitrogen and oxygen atoms in total. The number of benzene rings is 2. The van der Waals surface area contributed by atoms with Gasteiger partial charge in [0, 0.05) is 34.1 Å². The molecule has 39 heavy (non-hydrogen) atoms. The van der Waals surface area contributed by atoms with E-state index < -0.39 is 17.8 Å². The number of tetrazole rings is 1. The van der Waals surface area contributed by atoms with Crippen molar-refractivity contribution >= 4 is 46.4 Å². The molecule has 194 valence electrons. The first-order valence-electron chi connectivity index (χ1n) is 11.6. The van der Waals surface area contributed by atoms with Crippen LogP contribution in [0.4, 0.5) is 16.2 Å². The molecule has 1 atom stereocenters. The number of guanidine groups is 1. The number of hydrogen-bond acceptors (Lipinski definition) is 10. The van der Waals surface area contributed by atoms with E-state index in [4.69, 9.17) is 21.0 Å². The lowest BCUT2D eigenvalue weighted by Crippen LogP contribution is -2.37. The molecule has 1 aliphatic heterocycles. The lowest BCUT2D eigenvalue weighted by atomic mass is 9.95. The van der Waals surface area contributed by atoms with Gasteiger partial charge in [-0.25, -0.2) is 14.4 Å². The molecule has 0 bridgehead atoms. The Morgan fingerprint density at radius 3 is 2.85 bits per heavy atom. The smallest absolute Gasteiger partial charge is 0.302 e. The van der Waals surface area contributed by atoms with Gasteiger partial charge in [-0.05, 0) is 42.5 Å². The third-order valence-electron chi connectivity index (χ3n) is 5.87. The number of oxazole rings is 1. The largest absolute Gasteiger partial charge is 0.423 e. The van der Waals surface area contributed by atoms with Crippen LogP contribution in [0.15, 0.2) is 81.5 Å². The minimum absolute atomic E-state index is 0.0999. The van der Waals surface area contributed by atoms with Gasteiger partial charge in [0.15, 0.2) is 5.58 Å². The molecule has 1 amide bonds. The van der Waals surface area contributed by atoms with Gasteiger partial charge < -0.3 is 15.1 Å². The number of nitrogens with zero attached hydrogens (tertiary/aromatic N) is 6. The summed E-state index contributed by atoms with van der Waals surface area (Å²) in [7, 11) is 0. The Balaban J connectivity index is 1.32. The Labute approximate surface area is 224 Å². The number of carbonyl (C=O) groups is 1. The van der Waals surface area contributed by atoms with E-state index in [9.17, 15) is 9.18 Å². The summed E-state index contributed by atoms with van der Waals surface area (Å²) in [6, 6.07) is 13.8. The van der Waals surface area contributed by atoms with E-state index in [2.05, 4.69) is 46.5 Å². The first-order valence-corrected chi connectivity index (χ1v) is 12.0. The van der Waals surface area contributed by atoms with Crippen LogP contribution in [0.25, 0.3) is 22.5 Å². The van der Waals surface area contributed by atoms with Crippen LogP contribution in [0.2, 0.25) is 5.02 Å². The fourth-order valence-electron chi connectivity index (χ4n) is 4.11. The first-order chi connectivity index (χ1) is 18.9. The van der Waals surface area contributed by atoms with Crippen molar-refractivity contribution in [1.29, 1.82) is 0 Å². The quantitative estimate of drug-likeness (QED) is 0.254. The number of allylic oxidation sites excluding steroid dienone is 1. The van der Waals surface area contributed by atoms with Crippen molar-refractivity contribution in [3.8, 4) is 11.4 Å². The van der Waals surface area contributed by atoms with E-state index in [1.165, 1.54) is 24.4 Å². The number of amides is 1. The van der Waals surface area contributed by atoms with E-state index in [1.807, 2.05) is 6.07 Å². The molecule has 4 heterocycles. The monoisotopic (exact) mass is 544 g/mol. The number of aromatic amines is 1. The number of halogens is 2. The lowest BCUT2D eigenvalue weighted by Gasteiger charge is -2.26. The minimum atomic E-state index is -0.787. The molecule has 0 fully saturated rings. The van der Waals surface area contributed by atoms with Crippen molar-refractivity contribution in [3.63, 3.8) is 0 Å². The van der Waals surface area contributed by atoms with Crippen molar-refractivity contribution < 1.29 is 13.6 Å². The average Bonchev–Trinajstić information content (AvgIpc) is 3.58. The minimum Gasteiger partial charge on any atom is -0.423 e. The van der Waals surface area contributed by atoms with Crippen LogP contribution in [0.5, 0.6) is 0 Å². The van der Waals surface area contributed by atoms with E-state index in [0.29, 0.717) is 38.8 Å². The highest BCUT2D eigenvalue weighted by Crippen LogP contribution is 2.35. The fraction of sp³-hybridized carbons (Fsp3) is 0.0800. The molecule has 14 heteroatoms. The Morgan fingerprint density at radius 1 is 1.15 bits per heavy atom. The number of aliphatic imine (C=N–C) groups is 1. The lowest BCUT2D eigenvalue weighted by molar-refractivity contribution is -0.113. The van der Waals surface area contributed by atoms with E-state index >= 15 is 0 Å². The Hall–Kier alpha value is -5.17. The van der Waals surface area contributed by atoms with Crippen LogP contribution in [0.3, 0.4) is 0 Å². The van der Waals surface area contributed by atoms with Gasteiger partial charge in [0.2, 0.25) is 11.8 Å². The number of H-pyrrole nitrogens is 1. The van der Waals surface area contributed by atoms with Gasteiger partial charge in [0.1, 0.15) is 23.2 Å². The molecule has 4 N–H and O–H groups in total. The number of carbonyl (C=O) groups excluding carboxylic acids is 1. The maximum atomic E-state index is 13.6. The van der Waals surface area contributed by atoms with Crippen molar-refractivity contribution in [2.45, 2.75) is 13.0 Å². The normalized spacial score (nSPS) is 15.2. The molecule has 2 aromatic carbocycles. The van der Waals surface area contributed by atoms with Gasteiger partial charge in [-0.15, -0.1) is 10.2 Å². The van der Waals surface area contributed by atoms with Crippen LogP contribution in [-0.4, -0.2) is 42.5 Å². The molecule has 6 rings (SSSR count). The molecular formula is C25H18ClFN10O2. The SMILES string of the molecule is CC1=C(C(=O)Nc2cc(-c3nn[nH]n3)ccn2)C(c2ccccc2Cl)N=C(Nc2nc3ccc(F)cc3o2)N1. The molecular weight excluding hydrogens is 527 g/mol. The van der Waals surface area contributed by atoms with Crippen LogP contribution in [0.1, 0.15) is 18.5 Å². The van der Waals surface area contributed by atoms with Crippen LogP contribution in [-0.2, 0) is 4.79 Å². The second kappa shape index (κ2) is 9.95. The van der Waals surface area contributed by atoms with Gasteiger partial charge >= 0.3 is 6.01 Å². The number of rotatable bonds is 5. The zero-order valence-corrected chi connectivity index (χ0v) is 20.9.